The van der Waals surface area contributed by atoms with Gasteiger partial charge in [-0.15, -0.1) is 0 Å². The number of carbonyl (C=O) groups excluding carboxylic acids is 1. The molecule has 2 saturated heterocycles. The molecule has 5 nitrogen and oxygen atoms in total. The summed E-state index contributed by atoms with van der Waals surface area (Å²) in [6.07, 6.45) is 2.40. The second-order valence-electron chi connectivity index (χ2n) is 5.53. The molecule has 0 aromatic heterocycles. The Morgan fingerprint density at radius 1 is 1.29 bits per heavy atom. The van der Waals surface area contributed by atoms with Crippen molar-refractivity contribution in [1.29, 1.82) is 0 Å². The van der Waals surface area contributed by atoms with Crippen LogP contribution in [0.2, 0.25) is 0 Å². The first-order valence-electron chi connectivity index (χ1n) is 7.66. The molecule has 5 heteroatoms. The zero-order chi connectivity index (χ0) is 14.5. The first-order chi connectivity index (χ1) is 10.3. The highest BCUT2D eigenvalue weighted by Crippen LogP contribution is 2.16. The average molecular weight is 290 g/mol. The van der Waals surface area contributed by atoms with Crippen LogP contribution in [-0.4, -0.2) is 56.3 Å². The normalized spacial score (nSPS) is 22.3. The van der Waals surface area contributed by atoms with E-state index in [4.69, 9.17) is 9.47 Å². The van der Waals surface area contributed by atoms with Crippen LogP contribution in [0.4, 0.5) is 0 Å². The number of benzene rings is 1. The molecule has 1 aromatic rings. The molecule has 2 aliphatic heterocycles. The molecule has 1 atom stereocenters. The number of hydrogen-bond acceptors (Lipinski definition) is 4. The van der Waals surface area contributed by atoms with Crippen LogP contribution in [0.15, 0.2) is 24.3 Å². The van der Waals surface area contributed by atoms with Crippen molar-refractivity contribution < 1.29 is 14.3 Å². The molecule has 2 fully saturated rings. The molecule has 3 rings (SSSR count). The molecule has 2 heterocycles. The van der Waals surface area contributed by atoms with Crippen molar-refractivity contribution in [3.63, 3.8) is 0 Å². The van der Waals surface area contributed by atoms with E-state index in [2.05, 4.69) is 5.32 Å². The fourth-order valence-electron chi connectivity index (χ4n) is 2.74. The van der Waals surface area contributed by atoms with Gasteiger partial charge in [0.2, 0.25) is 0 Å². The van der Waals surface area contributed by atoms with Gasteiger partial charge in [-0.1, -0.05) is 0 Å². The molecule has 1 N–H and O–H groups in total. The highest BCUT2D eigenvalue weighted by Gasteiger charge is 2.18. The van der Waals surface area contributed by atoms with Crippen molar-refractivity contribution >= 4 is 5.91 Å². The van der Waals surface area contributed by atoms with Crippen LogP contribution < -0.4 is 10.1 Å². The topological polar surface area (TPSA) is 50.8 Å². The van der Waals surface area contributed by atoms with Gasteiger partial charge in [-0.2, -0.15) is 0 Å². The Morgan fingerprint density at radius 3 is 2.71 bits per heavy atom. The summed E-state index contributed by atoms with van der Waals surface area (Å²) in [6, 6.07) is 7.90. The van der Waals surface area contributed by atoms with E-state index >= 15 is 0 Å². The van der Waals surface area contributed by atoms with Crippen molar-refractivity contribution in [2.75, 3.05) is 39.5 Å². The van der Waals surface area contributed by atoms with E-state index in [9.17, 15) is 4.79 Å². The summed E-state index contributed by atoms with van der Waals surface area (Å²) >= 11 is 0. The maximum Gasteiger partial charge on any atom is 0.254 e. The maximum atomic E-state index is 12.3. The lowest BCUT2D eigenvalue weighted by atomic mass is 10.2. The maximum absolute atomic E-state index is 12.3. The van der Waals surface area contributed by atoms with Crippen molar-refractivity contribution in [1.82, 2.24) is 10.2 Å². The molecular weight excluding hydrogens is 268 g/mol. The second kappa shape index (κ2) is 6.91. The van der Waals surface area contributed by atoms with Crippen molar-refractivity contribution in [3.8, 4) is 5.75 Å². The van der Waals surface area contributed by atoms with E-state index in [1.165, 1.54) is 12.8 Å². The molecule has 0 bridgehead atoms. The van der Waals surface area contributed by atoms with Gasteiger partial charge in [0, 0.05) is 24.7 Å². The van der Waals surface area contributed by atoms with Gasteiger partial charge in [0.25, 0.3) is 5.91 Å². The number of amides is 1. The second-order valence-corrected chi connectivity index (χ2v) is 5.53. The van der Waals surface area contributed by atoms with Gasteiger partial charge in [-0.3, -0.25) is 4.79 Å². The Hall–Kier alpha value is -1.59. The molecular formula is C16H22N2O3. The van der Waals surface area contributed by atoms with Crippen LogP contribution in [0.1, 0.15) is 23.2 Å². The highest BCUT2D eigenvalue weighted by molar-refractivity contribution is 5.94. The quantitative estimate of drug-likeness (QED) is 0.908. The van der Waals surface area contributed by atoms with Gasteiger partial charge in [0.15, 0.2) is 0 Å². The summed E-state index contributed by atoms with van der Waals surface area (Å²) < 4.78 is 11.0. The van der Waals surface area contributed by atoms with Crippen molar-refractivity contribution in [2.24, 2.45) is 0 Å². The number of morpholine rings is 1. The largest absolute Gasteiger partial charge is 0.492 e. The van der Waals surface area contributed by atoms with Crippen LogP contribution in [0, 0.1) is 0 Å². The first-order valence-corrected chi connectivity index (χ1v) is 7.66. The van der Waals surface area contributed by atoms with E-state index in [1.54, 1.807) is 0 Å². The minimum Gasteiger partial charge on any atom is -0.492 e. The molecule has 1 aromatic carbocycles. The van der Waals surface area contributed by atoms with Crippen LogP contribution >= 0.6 is 0 Å². The Bertz CT molecular complexity index is 463. The SMILES string of the molecule is O=C(c1ccc(OC[C@H]2CCCN2)cc1)N1CCOCC1. The molecule has 0 spiro atoms. The van der Waals surface area contributed by atoms with E-state index in [-0.39, 0.29) is 5.91 Å². The number of nitrogens with zero attached hydrogens (tertiary/aromatic N) is 1. The summed E-state index contributed by atoms with van der Waals surface area (Å²) in [6.45, 7) is 4.37. The van der Waals surface area contributed by atoms with E-state index in [1.807, 2.05) is 29.2 Å². The van der Waals surface area contributed by atoms with Crippen molar-refractivity contribution in [2.45, 2.75) is 18.9 Å². The van der Waals surface area contributed by atoms with Crippen LogP contribution in [0.3, 0.4) is 0 Å². The molecule has 114 valence electrons. The fraction of sp³-hybridized carbons (Fsp3) is 0.562. The predicted molar refractivity (Wildman–Crippen MR) is 79.7 cm³/mol. The molecule has 1 amide bonds. The number of carbonyl (C=O) groups is 1. The number of rotatable bonds is 4. The minimum absolute atomic E-state index is 0.0716. The zero-order valence-electron chi connectivity index (χ0n) is 12.2. The van der Waals surface area contributed by atoms with Gasteiger partial charge in [-0.25, -0.2) is 0 Å². The Balaban J connectivity index is 1.54. The zero-order valence-corrected chi connectivity index (χ0v) is 12.2. The van der Waals surface area contributed by atoms with Crippen LogP contribution in [-0.2, 0) is 4.74 Å². The smallest absolute Gasteiger partial charge is 0.254 e. The lowest BCUT2D eigenvalue weighted by Crippen LogP contribution is -2.40. The fourth-order valence-corrected chi connectivity index (χ4v) is 2.74. The molecule has 0 unspecified atom stereocenters. The molecule has 0 aliphatic carbocycles. The summed E-state index contributed by atoms with van der Waals surface area (Å²) in [7, 11) is 0. The predicted octanol–water partition coefficient (Wildman–Crippen LogP) is 1.29. The monoisotopic (exact) mass is 290 g/mol. The summed E-state index contributed by atoms with van der Waals surface area (Å²) in [5.74, 6) is 0.893. The Kier molecular flexibility index (Phi) is 4.72. The lowest BCUT2D eigenvalue weighted by molar-refractivity contribution is 0.0303. The lowest BCUT2D eigenvalue weighted by Gasteiger charge is -2.26. The number of nitrogens with one attached hydrogen (secondary N) is 1. The van der Waals surface area contributed by atoms with E-state index < -0.39 is 0 Å². The number of hydrogen-bond donors (Lipinski definition) is 1. The minimum atomic E-state index is 0.0716. The third-order valence-electron chi connectivity index (χ3n) is 4.01. The van der Waals surface area contributed by atoms with Crippen molar-refractivity contribution in [3.05, 3.63) is 29.8 Å². The molecule has 0 radical (unpaired) electrons. The first kappa shape index (κ1) is 14.4. The van der Waals surface area contributed by atoms with Gasteiger partial charge in [0.1, 0.15) is 12.4 Å². The highest BCUT2D eigenvalue weighted by atomic mass is 16.5. The van der Waals surface area contributed by atoms with Gasteiger partial charge < -0.3 is 19.7 Å². The van der Waals surface area contributed by atoms with Gasteiger partial charge in [-0.05, 0) is 43.7 Å². The Morgan fingerprint density at radius 2 is 2.05 bits per heavy atom. The summed E-state index contributed by atoms with van der Waals surface area (Å²) in [4.78, 5) is 14.1. The molecule has 2 aliphatic rings. The number of ether oxygens (including phenoxy) is 2. The Labute approximate surface area is 125 Å². The molecule has 21 heavy (non-hydrogen) atoms. The van der Waals surface area contributed by atoms with Crippen LogP contribution in [0.5, 0.6) is 5.75 Å². The van der Waals surface area contributed by atoms with E-state index in [0.717, 1.165) is 12.3 Å². The van der Waals surface area contributed by atoms with Crippen LogP contribution in [0.25, 0.3) is 0 Å². The third kappa shape index (κ3) is 3.74. The van der Waals surface area contributed by atoms with Gasteiger partial charge >= 0.3 is 0 Å². The van der Waals surface area contributed by atoms with Gasteiger partial charge in [0.05, 0.1) is 13.2 Å². The third-order valence-corrected chi connectivity index (χ3v) is 4.01. The molecule has 0 saturated carbocycles. The summed E-state index contributed by atoms with van der Waals surface area (Å²) in [5.41, 5.74) is 0.711. The van der Waals surface area contributed by atoms with E-state index in [0.29, 0.717) is 44.5 Å². The average Bonchev–Trinajstić information content (AvgIpc) is 3.07. The summed E-state index contributed by atoms with van der Waals surface area (Å²) in [5, 5.41) is 3.40. The standard InChI is InChI=1S/C16H22N2O3/c19-16(18-8-10-20-11-9-18)13-3-5-15(6-4-13)21-12-14-2-1-7-17-14/h3-6,14,17H,1-2,7-12H2/t14-/m1/s1.